The van der Waals surface area contributed by atoms with Crippen molar-refractivity contribution in [1.82, 2.24) is 4.98 Å². The van der Waals surface area contributed by atoms with E-state index in [2.05, 4.69) is 25.8 Å². The average Bonchev–Trinajstić information content (AvgIpc) is 2.42. The van der Waals surface area contributed by atoms with Gasteiger partial charge in [0, 0.05) is 16.5 Å². The lowest BCUT2D eigenvalue weighted by atomic mass is 10.3. The summed E-state index contributed by atoms with van der Waals surface area (Å²) in [6, 6.07) is 0. The van der Waals surface area contributed by atoms with Gasteiger partial charge in [0.2, 0.25) is 0 Å². The number of halogens is 1. The van der Waals surface area contributed by atoms with Crippen LogP contribution < -0.4 is 0 Å². The van der Waals surface area contributed by atoms with E-state index >= 15 is 0 Å². The molecular weight excluding hydrogens is 222 g/mol. The van der Waals surface area contributed by atoms with Crippen molar-refractivity contribution in [2.75, 3.05) is 11.6 Å². The van der Waals surface area contributed by atoms with Crippen molar-refractivity contribution in [1.29, 1.82) is 0 Å². The van der Waals surface area contributed by atoms with Crippen LogP contribution in [0.3, 0.4) is 0 Å². The second-order valence-electron chi connectivity index (χ2n) is 3.19. The summed E-state index contributed by atoms with van der Waals surface area (Å²) < 4.78 is 1.17. The molecule has 0 aliphatic heterocycles. The Hall–Kier alpha value is 0.270. The van der Waals surface area contributed by atoms with Crippen molar-refractivity contribution in [2.24, 2.45) is 5.92 Å². The van der Waals surface area contributed by atoms with Gasteiger partial charge < -0.3 is 0 Å². The second-order valence-corrected chi connectivity index (χ2v) is 5.97. The van der Waals surface area contributed by atoms with E-state index in [9.17, 15) is 0 Å². The van der Waals surface area contributed by atoms with Gasteiger partial charge in [0.25, 0.3) is 0 Å². The number of thiazole rings is 1. The Kier molecular flexibility index (Phi) is 4.56. The Balaban J connectivity index is 2.45. The first kappa shape index (κ1) is 11.3. The van der Waals surface area contributed by atoms with E-state index in [1.807, 2.05) is 11.8 Å². The van der Waals surface area contributed by atoms with Crippen LogP contribution in [0.4, 0.5) is 0 Å². The van der Waals surface area contributed by atoms with Crippen LogP contribution in [0.2, 0.25) is 0 Å². The van der Waals surface area contributed by atoms with Gasteiger partial charge in [-0.25, -0.2) is 4.98 Å². The first-order valence-corrected chi connectivity index (χ1v) is 6.60. The fraction of sp³-hybridized carbons (Fsp3) is 0.667. The number of hydrogen-bond acceptors (Lipinski definition) is 3. The van der Waals surface area contributed by atoms with Gasteiger partial charge in [-0.05, 0) is 19.8 Å². The third kappa shape index (κ3) is 3.49. The third-order valence-corrected chi connectivity index (χ3v) is 4.84. The van der Waals surface area contributed by atoms with Crippen LogP contribution in [0.5, 0.6) is 0 Å². The van der Waals surface area contributed by atoms with Crippen molar-refractivity contribution in [2.45, 2.75) is 25.1 Å². The van der Waals surface area contributed by atoms with Gasteiger partial charge in [-0.1, -0.05) is 18.7 Å². The molecule has 0 spiro atoms. The van der Waals surface area contributed by atoms with Crippen molar-refractivity contribution in [3.63, 3.8) is 0 Å². The molecule has 13 heavy (non-hydrogen) atoms. The van der Waals surface area contributed by atoms with E-state index in [0.29, 0.717) is 5.92 Å². The molecule has 4 heteroatoms. The highest BCUT2D eigenvalue weighted by Crippen LogP contribution is 2.27. The highest BCUT2D eigenvalue weighted by atomic mass is 35.5. The van der Waals surface area contributed by atoms with Crippen LogP contribution in [0, 0.1) is 19.8 Å². The molecule has 0 aliphatic rings. The maximum atomic E-state index is 5.72. The minimum absolute atomic E-state index is 0.566. The monoisotopic (exact) mass is 235 g/mol. The molecule has 0 saturated heterocycles. The fourth-order valence-electron chi connectivity index (χ4n) is 0.763. The quantitative estimate of drug-likeness (QED) is 0.583. The van der Waals surface area contributed by atoms with Crippen LogP contribution in [-0.2, 0) is 0 Å². The molecule has 1 rings (SSSR count). The Morgan fingerprint density at radius 2 is 2.23 bits per heavy atom. The topological polar surface area (TPSA) is 12.9 Å². The van der Waals surface area contributed by atoms with E-state index in [1.165, 1.54) is 9.22 Å². The molecule has 0 aliphatic carbocycles. The van der Waals surface area contributed by atoms with Gasteiger partial charge in [0.1, 0.15) is 4.34 Å². The fourth-order valence-corrected chi connectivity index (χ4v) is 3.20. The Morgan fingerprint density at radius 1 is 1.54 bits per heavy atom. The number of aromatic nitrogens is 1. The SMILES string of the molecule is Cc1nc(SCC(C)CCl)sc1C. The Labute approximate surface area is 92.9 Å². The summed E-state index contributed by atoms with van der Waals surface area (Å²) in [6.45, 7) is 6.33. The van der Waals surface area contributed by atoms with Gasteiger partial charge in [-0.15, -0.1) is 22.9 Å². The first-order valence-electron chi connectivity index (χ1n) is 4.26. The maximum Gasteiger partial charge on any atom is 0.150 e. The van der Waals surface area contributed by atoms with E-state index < -0.39 is 0 Å². The van der Waals surface area contributed by atoms with Gasteiger partial charge in [-0.3, -0.25) is 0 Å². The van der Waals surface area contributed by atoms with Crippen molar-refractivity contribution >= 4 is 34.7 Å². The summed E-state index contributed by atoms with van der Waals surface area (Å²) >= 11 is 9.31. The van der Waals surface area contributed by atoms with Crippen LogP contribution in [-0.4, -0.2) is 16.6 Å². The summed E-state index contributed by atoms with van der Waals surface area (Å²) in [5, 5.41) is 0. The molecule has 0 radical (unpaired) electrons. The molecule has 0 saturated carbocycles. The predicted octanol–water partition coefficient (Wildman–Crippen LogP) is 3.73. The zero-order valence-corrected chi connectivity index (χ0v) is 10.5. The average molecular weight is 236 g/mol. The van der Waals surface area contributed by atoms with E-state index in [4.69, 9.17) is 11.6 Å². The predicted molar refractivity (Wildman–Crippen MR) is 62.2 cm³/mol. The molecule has 1 heterocycles. The minimum Gasteiger partial charge on any atom is -0.235 e. The number of hydrogen-bond donors (Lipinski definition) is 0. The van der Waals surface area contributed by atoms with Crippen LogP contribution in [0.1, 0.15) is 17.5 Å². The zero-order chi connectivity index (χ0) is 9.84. The molecule has 1 nitrogen and oxygen atoms in total. The molecule has 0 bridgehead atoms. The van der Waals surface area contributed by atoms with Gasteiger partial charge in [0.05, 0.1) is 5.69 Å². The van der Waals surface area contributed by atoms with Crippen molar-refractivity contribution < 1.29 is 0 Å². The summed E-state index contributed by atoms with van der Waals surface area (Å²) in [4.78, 5) is 5.78. The highest BCUT2D eigenvalue weighted by molar-refractivity contribution is 8.01. The zero-order valence-electron chi connectivity index (χ0n) is 8.13. The molecule has 0 fully saturated rings. The smallest absolute Gasteiger partial charge is 0.150 e. The van der Waals surface area contributed by atoms with Crippen LogP contribution in [0.15, 0.2) is 4.34 Å². The Bertz CT molecular complexity index is 253. The van der Waals surface area contributed by atoms with Crippen LogP contribution >= 0.6 is 34.7 Å². The lowest BCUT2D eigenvalue weighted by Gasteiger charge is -2.03. The van der Waals surface area contributed by atoms with Gasteiger partial charge in [0.15, 0.2) is 0 Å². The lowest BCUT2D eigenvalue weighted by Crippen LogP contribution is -1.98. The molecule has 1 aromatic heterocycles. The molecule has 1 unspecified atom stereocenters. The molecule has 1 aromatic rings. The minimum atomic E-state index is 0.566. The number of alkyl halides is 1. The summed E-state index contributed by atoms with van der Waals surface area (Å²) in [5.74, 6) is 2.36. The number of nitrogens with zero attached hydrogens (tertiary/aromatic N) is 1. The molecular formula is C9H14ClNS2. The number of thioether (sulfide) groups is 1. The standard InChI is InChI=1S/C9H14ClNS2/c1-6(4-10)5-12-9-11-7(2)8(3)13-9/h6H,4-5H2,1-3H3. The van der Waals surface area contributed by atoms with Gasteiger partial charge >= 0.3 is 0 Å². The van der Waals surface area contributed by atoms with Crippen molar-refractivity contribution in [3.8, 4) is 0 Å². The molecule has 0 N–H and O–H groups in total. The molecule has 74 valence electrons. The van der Waals surface area contributed by atoms with Gasteiger partial charge in [-0.2, -0.15) is 0 Å². The van der Waals surface area contributed by atoms with Crippen LogP contribution in [0.25, 0.3) is 0 Å². The molecule has 1 atom stereocenters. The second kappa shape index (κ2) is 5.23. The molecule has 0 amide bonds. The van der Waals surface area contributed by atoms with E-state index in [-0.39, 0.29) is 0 Å². The third-order valence-electron chi connectivity index (χ3n) is 1.76. The normalized spacial score (nSPS) is 13.2. The van der Waals surface area contributed by atoms with E-state index in [1.54, 1.807) is 11.3 Å². The first-order chi connectivity index (χ1) is 6.13. The largest absolute Gasteiger partial charge is 0.235 e. The van der Waals surface area contributed by atoms with E-state index in [0.717, 1.165) is 17.3 Å². The summed E-state index contributed by atoms with van der Waals surface area (Å²) in [7, 11) is 0. The maximum absolute atomic E-state index is 5.72. The number of rotatable bonds is 4. The summed E-state index contributed by atoms with van der Waals surface area (Å²) in [5.41, 5.74) is 1.16. The summed E-state index contributed by atoms with van der Waals surface area (Å²) in [6.07, 6.45) is 0. The lowest BCUT2D eigenvalue weighted by molar-refractivity contribution is 0.758. The van der Waals surface area contributed by atoms with Crippen molar-refractivity contribution in [3.05, 3.63) is 10.6 Å². The highest BCUT2D eigenvalue weighted by Gasteiger charge is 2.06. The number of aryl methyl sites for hydroxylation is 2. The molecule has 0 aromatic carbocycles. The Morgan fingerprint density at radius 3 is 2.69 bits per heavy atom.